The molecule has 0 amide bonds. The summed E-state index contributed by atoms with van der Waals surface area (Å²) in [5.41, 5.74) is 7.82. The Morgan fingerprint density at radius 3 is 3.06 bits per heavy atom. The van der Waals surface area contributed by atoms with Gasteiger partial charge in [0.2, 0.25) is 0 Å². The lowest BCUT2D eigenvalue weighted by Crippen LogP contribution is -2.33. The third-order valence-corrected chi connectivity index (χ3v) is 4.45. The van der Waals surface area contributed by atoms with Crippen LogP contribution in [-0.2, 0) is 5.54 Å². The lowest BCUT2D eigenvalue weighted by Gasteiger charge is -2.26. The second kappa shape index (κ2) is 4.36. The minimum absolute atomic E-state index is 0.150. The molecule has 1 aliphatic carbocycles. The first-order valence-electron chi connectivity index (χ1n) is 6.85. The number of rotatable bonds is 2. The van der Waals surface area contributed by atoms with E-state index in [1.54, 1.807) is 0 Å². The Morgan fingerprint density at radius 2 is 2.28 bits per heavy atom. The summed E-state index contributed by atoms with van der Waals surface area (Å²) >= 11 is 0. The third-order valence-electron chi connectivity index (χ3n) is 4.45. The smallest absolute Gasteiger partial charge is 0.0419 e. The average Bonchev–Trinajstić information content (AvgIpc) is 2.81. The van der Waals surface area contributed by atoms with Crippen molar-refractivity contribution in [2.24, 2.45) is 11.7 Å². The molecular weight excluding hydrogens is 220 g/mol. The molecule has 1 aliphatic rings. The van der Waals surface area contributed by atoms with Gasteiger partial charge in [-0.1, -0.05) is 31.5 Å². The molecule has 2 atom stereocenters. The summed E-state index contributed by atoms with van der Waals surface area (Å²) in [4.78, 5) is 4.26. The summed E-state index contributed by atoms with van der Waals surface area (Å²) in [6.45, 7) is 2.26. The van der Waals surface area contributed by atoms with E-state index in [2.05, 4.69) is 36.2 Å². The Labute approximate surface area is 108 Å². The van der Waals surface area contributed by atoms with Crippen molar-refractivity contribution in [2.75, 3.05) is 0 Å². The number of benzene rings is 1. The van der Waals surface area contributed by atoms with Crippen LogP contribution in [0.4, 0.5) is 0 Å². The topological polar surface area (TPSA) is 38.9 Å². The monoisotopic (exact) mass is 240 g/mol. The standard InChI is InChI=1S/C16H20N2/c1-2-12-6-8-16(17,10-12)15-5-3-4-13-7-9-18-11-14(13)15/h3-5,7,9,11-12H,2,6,8,10,17H2,1H3. The van der Waals surface area contributed by atoms with Gasteiger partial charge in [-0.05, 0) is 42.2 Å². The maximum Gasteiger partial charge on any atom is 0.0419 e. The van der Waals surface area contributed by atoms with Crippen LogP contribution in [0.3, 0.4) is 0 Å². The van der Waals surface area contributed by atoms with Crippen LogP contribution in [0, 0.1) is 5.92 Å². The quantitative estimate of drug-likeness (QED) is 0.871. The maximum atomic E-state index is 6.68. The molecule has 0 bridgehead atoms. The SMILES string of the molecule is CCC1CCC(N)(c2cccc3ccncc23)C1. The predicted octanol–water partition coefficient (Wildman–Crippen LogP) is 3.60. The number of nitrogens with two attached hydrogens (primary N) is 1. The van der Waals surface area contributed by atoms with E-state index in [1.165, 1.54) is 29.2 Å². The third kappa shape index (κ3) is 1.81. The lowest BCUT2D eigenvalue weighted by molar-refractivity contribution is 0.427. The summed E-state index contributed by atoms with van der Waals surface area (Å²) in [7, 11) is 0. The van der Waals surface area contributed by atoms with Gasteiger partial charge in [0.1, 0.15) is 0 Å². The van der Waals surface area contributed by atoms with Gasteiger partial charge in [-0.25, -0.2) is 0 Å². The number of fused-ring (bicyclic) bond motifs is 1. The molecule has 2 nitrogen and oxygen atoms in total. The fourth-order valence-corrected chi connectivity index (χ4v) is 3.32. The molecule has 18 heavy (non-hydrogen) atoms. The molecule has 2 heteroatoms. The van der Waals surface area contributed by atoms with Crippen LogP contribution < -0.4 is 5.73 Å². The van der Waals surface area contributed by atoms with Crippen LogP contribution >= 0.6 is 0 Å². The van der Waals surface area contributed by atoms with Crippen molar-refractivity contribution in [3.8, 4) is 0 Å². The molecule has 0 saturated heterocycles. The van der Waals surface area contributed by atoms with Crippen molar-refractivity contribution in [3.05, 3.63) is 42.2 Å². The molecule has 2 unspecified atom stereocenters. The van der Waals surface area contributed by atoms with E-state index in [1.807, 2.05) is 12.4 Å². The number of pyridine rings is 1. The van der Waals surface area contributed by atoms with E-state index >= 15 is 0 Å². The van der Waals surface area contributed by atoms with Gasteiger partial charge >= 0.3 is 0 Å². The molecule has 1 heterocycles. The first-order valence-corrected chi connectivity index (χ1v) is 6.85. The van der Waals surface area contributed by atoms with Gasteiger partial charge in [-0.15, -0.1) is 0 Å². The molecule has 1 fully saturated rings. The Kier molecular flexibility index (Phi) is 2.83. The summed E-state index contributed by atoms with van der Waals surface area (Å²) in [5.74, 6) is 0.780. The van der Waals surface area contributed by atoms with Gasteiger partial charge in [0.15, 0.2) is 0 Å². The number of hydrogen-bond donors (Lipinski definition) is 1. The van der Waals surface area contributed by atoms with Gasteiger partial charge in [0, 0.05) is 23.3 Å². The molecule has 0 radical (unpaired) electrons. The van der Waals surface area contributed by atoms with Crippen molar-refractivity contribution in [2.45, 2.75) is 38.1 Å². The van der Waals surface area contributed by atoms with Gasteiger partial charge in [-0.3, -0.25) is 4.98 Å². The predicted molar refractivity (Wildman–Crippen MR) is 75.2 cm³/mol. The molecule has 1 aromatic heterocycles. The highest BCUT2D eigenvalue weighted by Crippen LogP contribution is 2.43. The summed E-state index contributed by atoms with van der Waals surface area (Å²) in [6, 6.07) is 8.50. The summed E-state index contributed by atoms with van der Waals surface area (Å²) in [5, 5.41) is 2.46. The van der Waals surface area contributed by atoms with E-state index in [0.717, 1.165) is 18.8 Å². The zero-order valence-corrected chi connectivity index (χ0v) is 10.9. The minimum atomic E-state index is -0.150. The van der Waals surface area contributed by atoms with Gasteiger partial charge in [-0.2, -0.15) is 0 Å². The van der Waals surface area contributed by atoms with Crippen LogP contribution in [0.1, 0.15) is 38.2 Å². The minimum Gasteiger partial charge on any atom is -0.321 e. The Morgan fingerprint density at radius 1 is 1.39 bits per heavy atom. The largest absolute Gasteiger partial charge is 0.321 e. The maximum absolute atomic E-state index is 6.68. The molecule has 0 aliphatic heterocycles. The molecule has 3 rings (SSSR count). The van der Waals surface area contributed by atoms with E-state index in [9.17, 15) is 0 Å². The highest BCUT2D eigenvalue weighted by Gasteiger charge is 2.37. The zero-order chi connectivity index (χ0) is 12.6. The van der Waals surface area contributed by atoms with E-state index in [-0.39, 0.29) is 5.54 Å². The van der Waals surface area contributed by atoms with Crippen LogP contribution in [0.5, 0.6) is 0 Å². The summed E-state index contributed by atoms with van der Waals surface area (Å²) < 4.78 is 0. The highest BCUT2D eigenvalue weighted by molar-refractivity contribution is 5.85. The zero-order valence-electron chi connectivity index (χ0n) is 10.9. The molecular formula is C16H20N2. The average molecular weight is 240 g/mol. The van der Waals surface area contributed by atoms with E-state index < -0.39 is 0 Å². The fourth-order valence-electron chi connectivity index (χ4n) is 3.32. The van der Waals surface area contributed by atoms with Crippen LogP contribution in [0.2, 0.25) is 0 Å². The van der Waals surface area contributed by atoms with Crippen molar-refractivity contribution < 1.29 is 0 Å². The van der Waals surface area contributed by atoms with Gasteiger partial charge in [0.05, 0.1) is 0 Å². The number of hydrogen-bond acceptors (Lipinski definition) is 2. The molecule has 94 valence electrons. The van der Waals surface area contributed by atoms with Crippen LogP contribution in [0.25, 0.3) is 10.8 Å². The Balaban J connectivity index is 2.09. The number of aromatic nitrogens is 1. The fraction of sp³-hybridized carbons (Fsp3) is 0.438. The second-order valence-electron chi connectivity index (χ2n) is 5.58. The molecule has 2 N–H and O–H groups in total. The van der Waals surface area contributed by atoms with E-state index in [4.69, 9.17) is 5.73 Å². The molecule has 1 aromatic carbocycles. The molecule has 1 saturated carbocycles. The number of nitrogens with zero attached hydrogens (tertiary/aromatic N) is 1. The van der Waals surface area contributed by atoms with Crippen LogP contribution in [-0.4, -0.2) is 4.98 Å². The first-order chi connectivity index (χ1) is 8.73. The first kappa shape index (κ1) is 11.7. The Bertz CT molecular complexity index is 559. The van der Waals surface area contributed by atoms with Crippen LogP contribution in [0.15, 0.2) is 36.7 Å². The van der Waals surface area contributed by atoms with E-state index in [0.29, 0.717) is 0 Å². The molecule has 0 spiro atoms. The van der Waals surface area contributed by atoms with Crippen molar-refractivity contribution in [1.29, 1.82) is 0 Å². The van der Waals surface area contributed by atoms with Crippen molar-refractivity contribution in [1.82, 2.24) is 4.98 Å². The summed E-state index contributed by atoms with van der Waals surface area (Å²) in [6.07, 6.45) is 8.50. The molecule has 2 aromatic rings. The second-order valence-corrected chi connectivity index (χ2v) is 5.58. The van der Waals surface area contributed by atoms with Crippen molar-refractivity contribution >= 4 is 10.8 Å². The highest BCUT2D eigenvalue weighted by atomic mass is 14.8. The van der Waals surface area contributed by atoms with Crippen molar-refractivity contribution in [3.63, 3.8) is 0 Å². The lowest BCUT2D eigenvalue weighted by atomic mass is 9.85. The van der Waals surface area contributed by atoms with Gasteiger partial charge < -0.3 is 5.73 Å². The van der Waals surface area contributed by atoms with Gasteiger partial charge in [0.25, 0.3) is 0 Å². The normalized spacial score (nSPS) is 27.8. The Hall–Kier alpha value is -1.41.